The van der Waals surface area contributed by atoms with E-state index < -0.39 is 24.4 Å². The molecule has 1 aromatic carbocycles. The largest absolute Gasteiger partial charge is 0.467 e. The highest BCUT2D eigenvalue weighted by Gasteiger charge is 2.36. The lowest BCUT2D eigenvalue weighted by atomic mass is 10.1. The molecular weight excluding hydrogens is 424 g/mol. The third-order valence-electron chi connectivity index (χ3n) is 5.76. The van der Waals surface area contributed by atoms with E-state index in [-0.39, 0.29) is 29.0 Å². The molecule has 33 heavy (non-hydrogen) atoms. The molecule has 170 valence electrons. The lowest BCUT2D eigenvalue weighted by Crippen LogP contribution is -2.28. The van der Waals surface area contributed by atoms with Crippen LogP contribution in [0.4, 0.5) is 0 Å². The summed E-state index contributed by atoms with van der Waals surface area (Å²) in [5.41, 5.74) is 2.77. The third-order valence-corrected chi connectivity index (χ3v) is 5.76. The maximum Gasteiger partial charge on any atom is 0.338 e. The number of aryl methyl sites for hydroxylation is 1. The van der Waals surface area contributed by atoms with Crippen LogP contribution in [-0.4, -0.2) is 39.6 Å². The second-order valence-corrected chi connectivity index (χ2v) is 7.97. The molecule has 8 heteroatoms. The van der Waals surface area contributed by atoms with Crippen LogP contribution < -0.4 is 0 Å². The number of hydrogen-bond donors (Lipinski definition) is 0. The SMILES string of the molecule is CCCn1c(C)cc(C(=O)COC(=O)c2ccc3c(c2)C(=O)N(Cc2ccco2)C3=O)c1C. The van der Waals surface area contributed by atoms with Crippen molar-refractivity contribution in [1.29, 1.82) is 0 Å². The molecule has 0 radical (unpaired) electrons. The van der Waals surface area contributed by atoms with Crippen LogP contribution >= 0.6 is 0 Å². The minimum Gasteiger partial charge on any atom is -0.467 e. The summed E-state index contributed by atoms with van der Waals surface area (Å²) in [6, 6.07) is 9.31. The van der Waals surface area contributed by atoms with Crippen molar-refractivity contribution in [2.75, 3.05) is 6.61 Å². The number of esters is 1. The van der Waals surface area contributed by atoms with E-state index in [9.17, 15) is 19.2 Å². The van der Waals surface area contributed by atoms with Gasteiger partial charge in [0.15, 0.2) is 6.61 Å². The Kier molecular flexibility index (Phi) is 6.00. The highest BCUT2D eigenvalue weighted by Crippen LogP contribution is 2.26. The number of fused-ring (bicyclic) bond motifs is 1. The van der Waals surface area contributed by atoms with Crippen LogP contribution in [0.3, 0.4) is 0 Å². The van der Waals surface area contributed by atoms with Gasteiger partial charge in [-0.15, -0.1) is 0 Å². The molecule has 1 aliphatic heterocycles. The van der Waals surface area contributed by atoms with Gasteiger partial charge in [0, 0.05) is 23.5 Å². The highest BCUT2D eigenvalue weighted by molar-refractivity contribution is 6.21. The number of Topliss-reactive ketones (excluding diaryl/α,β-unsaturated/α-hetero) is 1. The van der Waals surface area contributed by atoms with Crippen molar-refractivity contribution in [3.05, 3.63) is 82.1 Å². The van der Waals surface area contributed by atoms with E-state index in [1.165, 1.54) is 24.5 Å². The number of rotatable bonds is 8. The van der Waals surface area contributed by atoms with Crippen LogP contribution in [0, 0.1) is 13.8 Å². The van der Waals surface area contributed by atoms with E-state index in [0.29, 0.717) is 11.3 Å². The number of hydrogen-bond acceptors (Lipinski definition) is 6. The molecule has 4 rings (SSSR count). The molecule has 0 spiro atoms. The average molecular weight is 448 g/mol. The first kappa shape index (κ1) is 22.3. The van der Waals surface area contributed by atoms with E-state index in [1.54, 1.807) is 18.2 Å². The summed E-state index contributed by atoms with van der Waals surface area (Å²) in [6.07, 6.45) is 2.40. The van der Waals surface area contributed by atoms with Gasteiger partial charge in [-0.05, 0) is 56.7 Å². The van der Waals surface area contributed by atoms with Crippen LogP contribution in [0.5, 0.6) is 0 Å². The Hall–Kier alpha value is -3.94. The molecule has 0 unspecified atom stereocenters. The van der Waals surface area contributed by atoms with Gasteiger partial charge >= 0.3 is 5.97 Å². The summed E-state index contributed by atoms with van der Waals surface area (Å²) in [7, 11) is 0. The Morgan fingerprint density at radius 1 is 1.03 bits per heavy atom. The van der Waals surface area contributed by atoms with Gasteiger partial charge < -0.3 is 13.7 Å². The lowest BCUT2D eigenvalue weighted by Gasteiger charge is -2.11. The third kappa shape index (κ3) is 4.11. The summed E-state index contributed by atoms with van der Waals surface area (Å²) in [4.78, 5) is 51.6. The molecule has 3 heterocycles. The number of ether oxygens (including phenoxy) is 1. The molecule has 3 aromatic rings. The molecular formula is C25H24N2O6. The zero-order valence-corrected chi connectivity index (χ0v) is 18.7. The van der Waals surface area contributed by atoms with Crippen molar-refractivity contribution in [2.45, 2.75) is 40.3 Å². The van der Waals surface area contributed by atoms with Crippen molar-refractivity contribution in [1.82, 2.24) is 9.47 Å². The molecule has 0 aliphatic carbocycles. The number of amides is 2. The van der Waals surface area contributed by atoms with Gasteiger partial charge in [0.1, 0.15) is 5.76 Å². The first-order valence-electron chi connectivity index (χ1n) is 10.7. The zero-order valence-electron chi connectivity index (χ0n) is 18.7. The second-order valence-electron chi connectivity index (χ2n) is 7.97. The van der Waals surface area contributed by atoms with Crippen LogP contribution in [0.15, 0.2) is 47.1 Å². The van der Waals surface area contributed by atoms with Crippen molar-refractivity contribution in [2.24, 2.45) is 0 Å². The van der Waals surface area contributed by atoms with E-state index in [1.807, 2.05) is 13.8 Å². The van der Waals surface area contributed by atoms with Gasteiger partial charge in [0.05, 0.1) is 29.5 Å². The maximum atomic E-state index is 12.7. The number of carbonyl (C=O) groups is 4. The molecule has 0 saturated heterocycles. The predicted octanol–water partition coefficient (Wildman–Crippen LogP) is 3.94. The number of benzene rings is 1. The van der Waals surface area contributed by atoms with Gasteiger partial charge in [0.2, 0.25) is 5.78 Å². The number of nitrogens with zero attached hydrogens (tertiary/aromatic N) is 2. The molecule has 0 bridgehead atoms. The molecule has 0 atom stereocenters. The Labute approximate surface area is 190 Å². The van der Waals surface area contributed by atoms with Gasteiger partial charge in [-0.1, -0.05) is 6.92 Å². The standard InChI is InChI=1S/C25H24N2O6/c1-4-9-26-15(2)11-20(16(26)3)22(28)14-33-25(31)17-7-8-19-21(12-17)24(30)27(23(19)29)13-18-6-5-10-32-18/h5-8,10-12H,4,9,13-14H2,1-3H3. The average Bonchev–Trinajstić information content (AvgIpc) is 3.48. The Balaban J connectivity index is 1.45. The second kappa shape index (κ2) is 8.90. The minimum atomic E-state index is -0.738. The molecule has 0 fully saturated rings. The van der Waals surface area contributed by atoms with E-state index in [2.05, 4.69) is 11.5 Å². The zero-order chi connectivity index (χ0) is 23.7. The Morgan fingerprint density at radius 2 is 1.79 bits per heavy atom. The first-order valence-corrected chi connectivity index (χ1v) is 10.7. The van der Waals surface area contributed by atoms with Gasteiger partial charge in [-0.2, -0.15) is 0 Å². The van der Waals surface area contributed by atoms with Gasteiger partial charge in [-0.3, -0.25) is 19.3 Å². The Bertz CT molecular complexity index is 1250. The predicted molar refractivity (Wildman–Crippen MR) is 118 cm³/mol. The van der Waals surface area contributed by atoms with Gasteiger partial charge in [0.25, 0.3) is 11.8 Å². The Morgan fingerprint density at radius 3 is 2.48 bits per heavy atom. The summed E-state index contributed by atoms with van der Waals surface area (Å²) in [5.74, 6) is -1.53. The smallest absolute Gasteiger partial charge is 0.338 e. The molecule has 0 N–H and O–H groups in total. The lowest BCUT2D eigenvalue weighted by molar-refractivity contribution is 0.0474. The van der Waals surface area contributed by atoms with Crippen LogP contribution in [0.2, 0.25) is 0 Å². The van der Waals surface area contributed by atoms with Crippen molar-refractivity contribution < 1.29 is 28.3 Å². The summed E-state index contributed by atoms with van der Waals surface area (Å²) in [5, 5.41) is 0. The fraction of sp³-hybridized carbons (Fsp3) is 0.280. The molecule has 8 nitrogen and oxygen atoms in total. The molecule has 2 aromatic heterocycles. The maximum absolute atomic E-state index is 12.7. The normalized spacial score (nSPS) is 12.9. The summed E-state index contributed by atoms with van der Waals surface area (Å²) >= 11 is 0. The number of furan rings is 1. The van der Waals surface area contributed by atoms with Crippen LogP contribution in [0.1, 0.15) is 71.9 Å². The fourth-order valence-corrected chi connectivity index (χ4v) is 4.06. The molecule has 0 saturated carbocycles. The van der Waals surface area contributed by atoms with E-state index in [0.717, 1.165) is 29.3 Å². The van der Waals surface area contributed by atoms with Crippen molar-refractivity contribution in [3.8, 4) is 0 Å². The number of carbonyl (C=O) groups excluding carboxylic acids is 4. The summed E-state index contributed by atoms with van der Waals surface area (Å²) < 4.78 is 12.5. The van der Waals surface area contributed by atoms with Crippen molar-refractivity contribution >= 4 is 23.6 Å². The fourth-order valence-electron chi connectivity index (χ4n) is 4.06. The van der Waals surface area contributed by atoms with E-state index >= 15 is 0 Å². The number of imide groups is 1. The molecule has 2 amide bonds. The number of ketones is 1. The minimum absolute atomic E-state index is 0.00404. The summed E-state index contributed by atoms with van der Waals surface area (Å²) in [6.45, 7) is 6.27. The van der Waals surface area contributed by atoms with E-state index in [4.69, 9.17) is 9.15 Å². The number of aromatic nitrogens is 1. The van der Waals surface area contributed by atoms with Gasteiger partial charge in [-0.25, -0.2) is 4.79 Å². The first-order chi connectivity index (χ1) is 15.8. The van der Waals surface area contributed by atoms with Crippen LogP contribution in [0.25, 0.3) is 0 Å². The quantitative estimate of drug-likeness (QED) is 0.294. The monoisotopic (exact) mass is 448 g/mol. The topological polar surface area (TPSA) is 98.8 Å². The van der Waals surface area contributed by atoms with Crippen molar-refractivity contribution in [3.63, 3.8) is 0 Å². The van der Waals surface area contributed by atoms with Crippen LogP contribution in [-0.2, 0) is 17.8 Å². The molecule has 1 aliphatic rings. The highest BCUT2D eigenvalue weighted by atomic mass is 16.5.